The lowest BCUT2D eigenvalue weighted by atomic mass is 10.0. The maximum absolute atomic E-state index is 13.5. The van der Waals surface area contributed by atoms with Crippen molar-refractivity contribution in [3.05, 3.63) is 91.8 Å². The highest BCUT2D eigenvalue weighted by molar-refractivity contribution is 7.80. The highest BCUT2D eigenvalue weighted by Crippen LogP contribution is 2.30. The first-order valence-corrected chi connectivity index (χ1v) is 11.3. The van der Waals surface area contributed by atoms with Crippen LogP contribution in [0.3, 0.4) is 0 Å². The van der Waals surface area contributed by atoms with Crippen LogP contribution in [0.1, 0.15) is 33.6 Å². The fourth-order valence-corrected chi connectivity index (χ4v) is 4.57. The van der Waals surface area contributed by atoms with E-state index in [4.69, 9.17) is 12.2 Å². The number of anilines is 1. The van der Waals surface area contributed by atoms with Gasteiger partial charge in [0.15, 0.2) is 5.11 Å². The molecule has 2 amide bonds. The summed E-state index contributed by atoms with van der Waals surface area (Å²) in [6.07, 6.45) is 1.57. The van der Waals surface area contributed by atoms with Gasteiger partial charge in [0.1, 0.15) is 5.57 Å². The van der Waals surface area contributed by atoms with Crippen LogP contribution in [0.5, 0.6) is 0 Å². The number of nitrogens with zero attached hydrogens (tertiary/aromatic N) is 3. The average Bonchev–Trinajstić information content (AvgIpc) is 3.06. The largest absolute Gasteiger partial charge is 0.318 e. The van der Waals surface area contributed by atoms with Gasteiger partial charge in [0.2, 0.25) is 0 Å². The van der Waals surface area contributed by atoms with E-state index in [0.717, 1.165) is 33.8 Å². The summed E-state index contributed by atoms with van der Waals surface area (Å²) in [5, 5.41) is 13.8. The van der Waals surface area contributed by atoms with Gasteiger partial charge < -0.3 is 4.57 Å². The van der Waals surface area contributed by atoms with Crippen LogP contribution < -0.4 is 10.2 Å². The molecule has 3 aromatic rings. The van der Waals surface area contributed by atoms with Gasteiger partial charge >= 0.3 is 0 Å². The van der Waals surface area contributed by atoms with E-state index in [-0.39, 0.29) is 16.4 Å². The molecule has 0 atom stereocenters. The summed E-state index contributed by atoms with van der Waals surface area (Å²) in [7, 11) is 0. The normalized spacial score (nSPS) is 15.1. The zero-order valence-corrected chi connectivity index (χ0v) is 20.8. The number of nitro benzene ring substituents is 1. The summed E-state index contributed by atoms with van der Waals surface area (Å²) in [4.78, 5) is 38.3. The van der Waals surface area contributed by atoms with E-state index in [2.05, 4.69) is 5.32 Å². The zero-order valence-electron chi connectivity index (χ0n) is 20.0. The molecule has 35 heavy (non-hydrogen) atoms. The first-order valence-electron chi connectivity index (χ1n) is 10.9. The Morgan fingerprint density at radius 3 is 2.31 bits per heavy atom. The first-order chi connectivity index (χ1) is 16.5. The number of rotatable bonds is 4. The summed E-state index contributed by atoms with van der Waals surface area (Å²) in [6, 6.07) is 12.3. The van der Waals surface area contributed by atoms with Gasteiger partial charge in [-0.3, -0.25) is 29.9 Å². The molecule has 9 heteroatoms. The summed E-state index contributed by atoms with van der Waals surface area (Å²) in [5.41, 5.74) is 6.29. The molecule has 0 saturated carbocycles. The Hall–Kier alpha value is -4.11. The van der Waals surface area contributed by atoms with Crippen LogP contribution in [0.2, 0.25) is 0 Å². The second-order valence-electron chi connectivity index (χ2n) is 8.64. The number of aryl methyl sites for hydroxylation is 4. The summed E-state index contributed by atoms with van der Waals surface area (Å²) in [6.45, 7) is 9.38. The average molecular weight is 489 g/mol. The summed E-state index contributed by atoms with van der Waals surface area (Å²) in [5.74, 6) is -1.05. The first kappa shape index (κ1) is 24.0. The molecular formula is C26H24N4O4S. The quantitative estimate of drug-likeness (QED) is 0.188. The van der Waals surface area contributed by atoms with Crippen molar-refractivity contribution in [2.24, 2.45) is 0 Å². The maximum atomic E-state index is 13.5. The fourth-order valence-electron chi connectivity index (χ4n) is 4.30. The van der Waals surface area contributed by atoms with Gasteiger partial charge in [-0.2, -0.15) is 0 Å². The third-order valence-electron chi connectivity index (χ3n) is 6.11. The molecule has 0 unspecified atom stereocenters. The van der Waals surface area contributed by atoms with E-state index >= 15 is 0 Å². The van der Waals surface area contributed by atoms with E-state index in [1.807, 2.05) is 56.5 Å². The lowest BCUT2D eigenvalue weighted by molar-refractivity contribution is -0.384. The van der Waals surface area contributed by atoms with Crippen LogP contribution in [0.4, 0.5) is 11.4 Å². The number of benzene rings is 2. The van der Waals surface area contributed by atoms with Crippen LogP contribution >= 0.6 is 12.2 Å². The van der Waals surface area contributed by atoms with Crippen molar-refractivity contribution < 1.29 is 14.5 Å². The van der Waals surface area contributed by atoms with Crippen molar-refractivity contribution in [1.82, 2.24) is 9.88 Å². The molecule has 0 aliphatic carbocycles. The van der Waals surface area contributed by atoms with Crippen molar-refractivity contribution in [1.29, 1.82) is 0 Å². The van der Waals surface area contributed by atoms with Crippen LogP contribution in [0, 0.1) is 44.7 Å². The molecule has 0 bridgehead atoms. The lowest BCUT2D eigenvalue weighted by Crippen LogP contribution is -2.54. The molecule has 4 rings (SSSR count). The third-order valence-corrected chi connectivity index (χ3v) is 6.39. The highest BCUT2D eigenvalue weighted by atomic mass is 32.1. The predicted octanol–water partition coefficient (Wildman–Crippen LogP) is 4.76. The molecule has 0 spiro atoms. The Bertz CT molecular complexity index is 1470. The fraction of sp³-hybridized carbons (Fsp3) is 0.192. The minimum atomic E-state index is -0.558. The second-order valence-corrected chi connectivity index (χ2v) is 9.02. The van der Waals surface area contributed by atoms with E-state index in [1.165, 1.54) is 17.0 Å². The molecule has 1 aliphatic rings. The maximum Gasteiger partial charge on any atom is 0.270 e. The molecule has 1 saturated heterocycles. The molecule has 2 aromatic carbocycles. The summed E-state index contributed by atoms with van der Waals surface area (Å²) >= 11 is 5.34. The Kier molecular flexibility index (Phi) is 6.12. The molecule has 0 radical (unpaired) electrons. The number of amides is 2. The van der Waals surface area contributed by atoms with Gasteiger partial charge in [-0.25, -0.2) is 0 Å². The summed E-state index contributed by atoms with van der Waals surface area (Å²) < 4.78 is 1.95. The van der Waals surface area contributed by atoms with Crippen molar-refractivity contribution in [3.63, 3.8) is 0 Å². The van der Waals surface area contributed by atoms with Crippen LogP contribution in [0.15, 0.2) is 48.0 Å². The van der Waals surface area contributed by atoms with Gasteiger partial charge in [-0.1, -0.05) is 12.1 Å². The number of carbonyl (C=O) groups excluding carboxylic acids is 2. The van der Waals surface area contributed by atoms with E-state index < -0.39 is 16.7 Å². The molecule has 178 valence electrons. The van der Waals surface area contributed by atoms with E-state index in [0.29, 0.717) is 11.3 Å². The second kappa shape index (κ2) is 8.92. The molecule has 1 aliphatic heterocycles. The Morgan fingerprint density at radius 1 is 0.943 bits per heavy atom. The molecule has 2 heterocycles. The standard InChI is InChI=1S/C26H24N4O4S/c1-14-6-7-15(2)23(10-14)29-25(32)21(24(31)27-26(29)35)13-19-12-17(4)28(18(19)5)22-9-8-20(30(33)34)11-16(22)3/h6-13H,1-5H3,(H,27,31,35)/b21-13+. The predicted molar refractivity (Wildman–Crippen MR) is 139 cm³/mol. The van der Waals surface area contributed by atoms with E-state index in [1.54, 1.807) is 19.1 Å². The van der Waals surface area contributed by atoms with Gasteiger partial charge in [0.05, 0.1) is 10.6 Å². The number of non-ortho nitro benzene ring substituents is 1. The van der Waals surface area contributed by atoms with Gasteiger partial charge in [0.25, 0.3) is 17.5 Å². The number of nitrogens with one attached hydrogen (secondary N) is 1. The topological polar surface area (TPSA) is 97.5 Å². The Labute approximate surface area is 208 Å². The van der Waals surface area contributed by atoms with Crippen molar-refractivity contribution in [3.8, 4) is 5.69 Å². The minimum Gasteiger partial charge on any atom is -0.318 e. The monoisotopic (exact) mass is 488 g/mol. The van der Waals surface area contributed by atoms with Crippen molar-refractivity contribution in [2.75, 3.05) is 4.90 Å². The van der Waals surface area contributed by atoms with Gasteiger partial charge in [-0.15, -0.1) is 0 Å². The number of nitro groups is 1. The molecular weight excluding hydrogens is 464 g/mol. The number of thiocarbonyl (C=S) groups is 1. The van der Waals surface area contributed by atoms with Gasteiger partial charge in [-0.05, 0) is 93.4 Å². The van der Waals surface area contributed by atoms with Gasteiger partial charge in [0, 0.05) is 29.2 Å². The van der Waals surface area contributed by atoms with E-state index in [9.17, 15) is 19.7 Å². The Balaban J connectivity index is 1.79. The number of carbonyl (C=O) groups is 2. The molecule has 1 N–H and O–H groups in total. The van der Waals surface area contributed by atoms with Crippen molar-refractivity contribution >= 4 is 46.6 Å². The van der Waals surface area contributed by atoms with Crippen LogP contribution in [-0.2, 0) is 9.59 Å². The lowest BCUT2D eigenvalue weighted by Gasteiger charge is -2.30. The highest BCUT2D eigenvalue weighted by Gasteiger charge is 2.35. The number of hydrogen-bond acceptors (Lipinski definition) is 5. The zero-order chi connectivity index (χ0) is 25.6. The SMILES string of the molecule is Cc1ccc(C)c(N2C(=O)/C(=C/c3cc(C)n(-c4ccc([N+](=O)[O-])cc4C)c3C)C(=O)NC2=S)c1. The van der Waals surface area contributed by atoms with Crippen LogP contribution in [-0.4, -0.2) is 26.4 Å². The molecule has 8 nitrogen and oxygen atoms in total. The minimum absolute atomic E-state index is 0.0167. The van der Waals surface area contributed by atoms with Crippen molar-refractivity contribution in [2.45, 2.75) is 34.6 Å². The smallest absolute Gasteiger partial charge is 0.270 e. The number of hydrogen-bond donors (Lipinski definition) is 1. The number of aromatic nitrogens is 1. The third kappa shape index (κ3) is 4.26. The molecule has 1 aromatic heterocycles. The molecule has 1 fully saturated rings. The Morgan fingerprint density at radius 2 is 1.66 bits per heavy atom. The van der Waals surface area contributed by atoms with Crippen LogP contribution in [0.25, 0.3) is 11.8 Å².